The van der Waals surface area contributed by atoms with E-state index in [1.54, 1.807) is 23.9 Å². The van der Waals surface area contributed by atoms with Crippen LogP contribution in [-0.2, 0) is 0 Å². The Bertz CT molecular complexity index is 408. The van der Waals surface area contributed by atoms with E-state index in [2.05, 4.69) is 0 Å². The lowest BCUT2D eigenvalue weighted by Crippen LogP contribution is -2.32. The predicted molar refractivity (Wildman–Crippen MR) is 72.7 cm³/mol. The van der Waals surface area contributed by atoms with E-state index in [9.17, 15) is 9.18 Å². The summed E-state index contributed by atoms with van der Waals surface area (Å²) in [7, 11) is 1.83. The molecule has 1 aromatic carbocycles. The van der Waals surface area contributed by atoms with Crippen LogP contribution in [-0.4, -0.2) is 30.9 Å². The fourth-order valence-corrected chi connectivity index (χ4v) is 2.44. The molecule has 94 valence electrons. The van der Waals surface area contributed by atoms with E-state index in [-0.39, 0.29) is 17.6 Å². The van der Waals surface area contributed by atoms with Crippen LogP contribution in [0.25, 0.3) is 0 Å². The predicted octanol–water partition coefficient (Wildman–Crippen LogP) is 3.22. The second kappa shape index (κ2) is 6.05. The molecule has 0 aromatic heterocycles. The molecule has 4 heteroatoms. The Morgan fingerprint density at radius 1 is 1.53 bits per heavy atom. The van der Waals surface area contributed by atoms with Gasteiger partial charge in [-0.1, -0.05) is 6.07 Å². The third-order valence-corrected chi connectivity index (χ3v) is 3.60. The van der Waals surface area contributed by atoms with Crippen LogP contribution in [0, 0.1) is 5.82 Å². The number of Topliss-reactive ketones (excluding diaryl/α,β-unsaturated/α-hetero) is 1. The Balaban J connectivity index is 3.15. The molecule has 2 nitrogen and oxygen atoms in total. The van der Waals surface area contributed by atoms with Crippen molar-refractivity contribution in [2.75, 3.05) is 24.0 Å². The molecule has 1 unspecified atom stereocenters. The number of hydrogen-bond donors (Lipinski definition) is 0. The molecule has 0 aliphatic heterocycles. The summed E-state index contributed by atoms with van der Waals surface area (Å²) in [4.78, 5) is 13.3. The molecule has 1 aromatic rings. The highest BCUT2D eigenvalue weighted by Crippen LogP contribution is 2.26. The van der Waals surface area contributed by atoms with Gasteiger partial charge >= 0.3 is 0 Å². The fourth-order valence-electron chi connectivity index (χ4n) is 1.73. The van der Waals surface area contributed by atoms with Crippen LogP contribution >= 0.6 is 11.8 Å². The largest absolute Gasteiger partial charge is 0.368 e. The van der Waals surface area contributed by atoms with Crippen molar-refractivity contribution in [2.24, 2.45) is 0 Å². The number of hydrogen-bond acceptors (Lipinski definition) is 3. The summed E-state index contributed by atoms with van der Waals surface area (Å²) in [6, 6.07) is 4.82. The average molecular weight is 255 g/mol. The van der Waals surface area contributed by atoms with Crippen LogP contribution in [0.4, 0.5) is 10.1 Å². The van der Waals surface area contributed by atoms with Crippen LogP contribution in [0.5, 0.6) is 0 Å². The van der Waals surface area contributed by atoms with Crippen molar-refractivity contribution in [3.8, 4) is 0 Å². The number of benzene rings is 1. The van der Waals surface area contributed by atoms with E-state index in [0.717, 1.165) is 5.75 Å². The minimum Gasteiger partial charge on any atom is -0.368 e. The lowest BCUT2D eigenvalue weighted by atomic mass is 10.1. The number of thioether (sulfide) groups is 1. The summed E-state index contributed by atoms with van der Waals surface area (Å²) in [5, 5.41) is 0. The number of para-hydroxylation sites is 1. The van der Waals surface area contributed by atoms with Gasteiger partial charge in [0.25, 0.3) is 0 Å². The first kappa shape index (κ1) is 14.0. The van der Waals surface area contributed by atoms with Crippen molar-refractivity contribution < 1.29 is 9.18 Å². The maximum atomic E-state index is 13.9. The zero-order valence-corrected chi connectivity index (χ0v) is 11.5. The molecule has 0 amide bonds. The van der Waals surface area contributed by atoms with E-state index in [4.69, 9.17) is 0 Å². The molecule has 0 spiro atoms. The SMILES string of the molecule is CSCC(C)N(C)c1c(F)cccc1C(C)=O. The topological polar surface area (TPSA) is 20.3 Å². The van der Waals surface area contributed by atoms with Gasteiger partial charge in [-0.3, -0.25) is 4.79 Å². The molecule has 0 saturated heterocycles. The molecule has 0 fully saturated rings. The summed E-state index contributed by atoms with van der Waals surface area (Å²) in [5.74, 6) is 0.443. The second-order valence-corrected chi connectivity index (χ2v) is 5.02. The van der Waals surface area contributed by atoms with Crippen LogP contribution in [0.2, 0.25) is 0 Å². The normalized spacial score (nSPS) is 12.3. The van der Waals surface area contributed by atoms with E-state index in [1.165, 1.54) is 13.0 Å². The highest BCUT2D eigenvalue weighted by Gasteiger charge is 2.19. The average Bonchev–Trinajstić information content (AvgIpc) is 2.28. The molecule has 0 radical (unpaired) electrons. The highest BCUT2D eigenvalue weighted by molar-refractivity contribution is 7.98. The van der Waals surface area contributed by atoms with Gasteiger partial charge in [-0.05, 0) is 32.2 Å². The van der Waals surface area contributed by atoms with Crippen molar-refractivity contribution in [1.82, 2.24) is 0 Å². The van der Waals surface area contributed by atoms with Gasteiger partial charge in [0.15, 0.2) is 5.78 Å². The molecular weight excluding hydrogens is 237 g/mol. The van der Waals surface area contributed by atoms with Gasteiger partial charge in [-0.25, -0.2) is 4.39 Å². The minimum atomic E-state index is -0.340. The molecule has 1 atom stereocenters. The Morgan fingerprint density at radius 2 is 2.18 bits per heavy atom. The first-order valence-corrected chi connectivity index (χ1v) is 6.89. The zero-order valence-electron chi connectivity index (χ0n) is 10.7. The quantitative estimate of drug-likeness (QED) is 0.753. The van der Waals surface area contributed by atoms with Crippen molar-refractivity contribution in [3.05, 3.63) is 29.6 Å². The Hall–Kier alpha value is -1.03. The molecule has 0 heterocycles. The zero-order chi connectivity index (χ0) is 13.0. The Morgan fingerprint density at radius 3 is 2.71 bits per heavy atom. The molecule has 0 aliphatic carbocycles. The maximum Gasteiger partial charge on any atom is 0.161 e. The summed E-state index contributed by atoms with van der Waals surface area (Å²) < 4.78 is 13.9. The van der Waals surface area contributed by atoms with Crippen molar-refractivity contribution in [1.29, 1.82) is 0 Å². The van der Waals surface area contributed by atoms with Gasteiger partial charge < -0.3 is 4.90 Å². The fraction of sp³-hybridized carbons (Fsp3) is 0.462. The first-order valence-electron chi connectivity index (χ1n) is 5.50. The smallest absolute Gasteiger partial charge is 0.161 e. The maximum absolute atomic E-state index is 13.9. The minimum absolute atomic E-state index is 0.109. The monoisotopic (exact) mass is 255 g/mol. The van der Waals surface area contributed by atoms with Gasteiger partial charge in [0.05, 0.1) is 5.69 Å². The number of rotatable bonds is 5. The Kier molecular flexibility index (Phi) is 5.00. The number of ketones is 1. The van der Waals surface area contributed by atoms with E-state index < -0.39 is 0 Å². The number of carbonyl (C=O) groups is 1. The van der Waals surface area contributed by atoms with Gasteiger partial charge in [0.1, 0.15) is 5.82 Å². The van der Waals surface area contributed by atoms with Gasteiger partial charge in [0, 0.05) is 24.4 Å². The van der Waals surface area contributed by atoms with Crippen LogP contribution in [0.3, 0.4) is 0 Å². The molecular formula is C13H18FNOS. The van der Waals surface area contributed by atoms with E-state index >= 15 is 0 Å². The first-order chi connectivity index (χ1) is 7.99. The lowest BCUT2D eigenvalue weighted by molar-refractivity contribution is 0.101. The second-order valence-electron chi connectivity index (χ2n) is 4.11. The summed E-state index contributed by atoms with van der Waals surface area (Å²) in [5.41, 5.74) is 0.849. The van der Waals surface area contributed by atoms with Crippen molar-refractivity contribution in [3.63, 3.8) is 0 Å². The van der Waals surface area contributed by atoms with Gasteiger partial charge in [0.2, 0.25) is 0 Å². The molecule has 0 aliphatic rings. The third kappa shape index (κ3) is 3.22. The summed E-state index contributed by atoms with van der Waals surface area (Å²) in [6.07, 6.45) is 2.01. The summed E-state index contributed by atoms with van der Waals surface area (Å²) >= 11 is 1.70. The summed E-state index contributed by atoms with van der Waals surface area (Å²) in [6.45, 7) is 3.48. The molecule has 0 N–H and O–H groups in total. The Labute approximate surface area is 106 Å². The van der Waals surface area contributed by atoms with Crippen molar-refractivity contribution >= 4 is 23.2 Å². The molecule has 0 saturated carbocycles. The lowest BCUT2D eigenvalue weighted by Gasteiger charge is -2.28. The molecule has 17 heavy (non-hydrogen) atoms. The molecule has 1 rings (SSSR count). The number of halogens is 1. The number of anilines is 1. The van der Waals surface area contributed by atoms with Gasteiger partial charge in [-0.15, -0.1) is 0 Å². The van der Waals surface area contributed by atoms with E-state index in [0.29, 0.717) is 11.3 Å². The van der Waals surface area contributed by atoms with Gasteiger partial charge in [-0.2, -0.15) is 11.8 Å². The van der Waals surface area contributed by atoms with Crippen molar-refractivity contribution in [2.45, 2.75) is 19.9 Å². The molecule has 0 bridgehead atoms. The number of carbonyl (C=O) groups excluding carboxylic acids is 1. The van der Waals surface area contributed by atoms with Crippen LogP contribution < -0.4 is 4.90 Å². The number of nitrogens with zero attached hydrogens (tertiary/aromatic N) is 1. The van der Waals surface area contributed by atoms with Crippen LogP contribution in [0.15, 0.2) is 18.2 Å². The van der Waals surface area contributed by atoms with E-state index in [1.807, 2.05) is 25.1 Å². The highest BCUT2D eigenvalue weighted by atomic mass is 32.2. The van der Waals surface area contributed by atoms with Crippen LogP contribution in [0.1, 0.15) is 24.2 Å². The standard InChI is InChI=1S/C13H18FNOS/c1-9(8-17-4)15(3)13-11(10(2)16)6-5-7-12(13)14/h5-7,9H,8H2,1-4H3. The third-order valence-electron chi connectivity index (χ3n) is 2.79.